The van der Waals surface area contributed by atoms with Crippen molar-refractivity contribution in [2.45, 2.75) is 19.4 Å². The van der Waals surface area contributed by atoms with Gasteiger partial charge >= 0.3 is 12.0 Å². The normalized spacial score (nSPS) is 11.1. The van der Waals surface area contributed by atoms with Crippen molar-refractivity contribution >= 4 is 58.2 Å². The summed E-state index contributed by atoms with van der Waals surface area (Å²) in [6.07, 6.45) is 0. The maximum absolute atomic E-state index is 11.9. The monoisotopic (exact) mass is 416 g/mol. The van der Waals surface area contributed by atoms with E-state index < -0.39 is 17.6 Å². The Morgan fingerprint density at radius 1 is 1.04 bits per heavy atom. The van der Waals surface area contributed by atoms with Crippen LogP contribution in [0.4, 0.5) is 16.2 Å². The topological polar surface area (TPSA) is 92.9 Å². The molecule has 0 atom stereocenters. The Labute approximate surface area is 165 Å². The lowest BCUT2D eigenvalue weighted by molar-refractivity contribution is -0.152. The quantitative estimate of drug-likeness (QED) is 0.661. The van der Waals surface area contributed by atoms with Crippen LogP contribution in [0.1, 0.15) is 13.8 Å². The Morgan fingerprint density at radius 3 is 1.96 bits per heavy atom. The first-order valence-corrected chi connectivity index (χ1v) is 8.43. The number of aliphatic carboxylic acids is 1. The molecular formula is C17H15Cl3N2O4. The van der Waals surface area contributed by atoms with E-state index in [2.05, 4.69) is 0 Å². The first kappa shape index (κ1) is 20.2. The third kappa shape index (κ3) is 4.33. The fourth-order valence-electron chi connectivity index (χ4n) is 2.08. The van der Waals surface area contributed by atoms with E-state index in [0.717, 1.165) is 0 Å². The summed E-state index contributed by atoms with van der Waals surface area (Å²) in [5.41, 5.74) is 4.82. The highest BCUT2D eigenvalue weighted by Gasteiger charge is 2.29. The molecule has 0 saturated heterocycles. The SMILES string of the molecule is CC(C)(Oc1ccc(N(C(N)=O)c2cc(Cl)c(Cl)c(Cl)c2)cc1)C(=O)O. The third-order valence-electron chi connectivity index (χ3n) is 3.43. The van der Waals surface area contributed by atoms with Crippen LogP contribution in [0.3, 0.4) is 0 Å². The summed E-state index contributed by atoms with van der Waals surface area (Å²) in [6.45, 7) is 2.85. The van der Waals surface area contributed by atoms with Gasteiger partial charge in [0.2, 0.25) is 0 Å². The van der Waals surface area contributed by atoms with E-state index in [1.54, 1.807) is 12.1 Å². The van der Waals surface area contributed by atoms with Crippen molar-refractivity contribution in [3.8, 4) is 5.75 Å². The molecule has 3 N–H and O–H groups in total. The minimum Gasteiger partial charge on any atom is -0.478 e. The lowest BCUT2D eigenvalue weighted by Gasteiger charge is -2.24. The van der Waals surface area contributed by atoms with Gasteiger partial charge in [-0.25, -0.2) is 9.59 Å². The van der Waals surface area contributed by atoms with Gasteiger partial charge in [-0.15, -0.1) is 0 Å². The van der Waals surface area contributed by atoms with Gasteiger partial charge in [0, 0.05) is 0 Å². The first-order valence-electron chi connectivity index (χ1n) is 7.29. The maximum atomic E-state index is 11.9. The Kier molecular flexibility index (Phi) is 5.91. The molecule has 0 bridgehead atoms. The van der Waals surface area contributed by atoms with Crippen molar-refractivity contribution in [2.24, 2.45) is 5.73 Å². The van der Waals surface area contributed by atoms with E-state index in [0.29, 0.717) is 17.1 Å². The number of rotatable bonds is 5. The van der Waals surface area contributed by atoms with Gasteiger partial charge in [-0.05, 0) is 50.2 Å². The molecule has 0 fully saturated rings. The Bertz CT molecular complexity index is 831. The second-order valence-corrected chi connectivity index (χ2v) is 7.00. The highest BCUT2D eigenvalue weighted by atomic mass is 35.5. The minimum absolute atomic E-state index is 0.168. The fraction of sp³-hybridized carbons (Fsp3) is 0.176. The number of halogens is 3. The standard InChI is InChI=1S/C17H15Cl3N2O4/c1-17(2,15(23)24)26-11-5-3-9(4-6-11)22(16(21)25)10-7-12(18)14(20)13(19)8-10/h3-8H,1-2H3,(H2,21,25)(H,23,24). The summed E-state index contributed by atoms with van der Waals surface area (Å²) >= 11 is 17.9. The zero-order valence-electron chi connectivity index (χ0n) is 13.8. The number of urea groups is 1. The molecule has 0 unspecified atom stereocenters. The molecule has 9 heteroatoms. The summed E-state index contributed by atoms with van der Waals surface area (Å²) in [5.74, 6) is -0.788. The van der Waals surface area contributed by atoms with Gasteiger partial charge in [0.25, 0.3) is 0 Å². The molecule has 0 spiro atoms. The molecule has 0 heterocycles. The number of carbonyl (C=O) groups is 2. The first-order chi connectivity index (χ1) is 12.0. The molecule has 6 nitrogen and oxygen atoms in total. The van der Waals surface area contributed by atoms with Crippen LogP contribution in [0, 0.1) is 0 Å². The summed E-state index contributed by atoms with van der Waals surface area (Å²) in [7, 11) is 0. The van der Waals surface area contributed by atoms with E-state index in [9.17, 15) is 9.59 Å². The number of nitrogens with zero attached hydrogens (tertiary/aromatic N) is 1. The highest BCUT2D eigenvalue weighted by molar-refractivity contribution is 6.48. The van der Waals surface area contributed by atoms with Crippen LogP contribution in [0.15, 0.2) is 36.4 Å². The number of ether oxygens (including phenoxy) is 1. The summed E-state index contributed by atoms with van der Waals surface area (Å²) in [5, 5.41) is 9.62. The largest absolute Gasteiger partial charge is 0.478 e. The van der Waals surface area contributed by atoms with Gasteiger partial charge in [-0.1, -0.05) is 34.8 Å². The molecule has 0 aliphatic heterocycles. The Morgan fingerprint density at radius 2 is 1.54 bits per heavy atom. The lowest BCUT2D eigenvalue weighted by Crippen LogP contribution is -2.37. The molecule has 2 aromatic carbocycles. The van der Waals surface area contributed by atoms with Gasteiger partial charge in [0.15, 0.2) is 5.60 Å². The predicted octanol–water partition coefficient (Wildman–Crippen LogP) is 5.11. The molecule has 2 rings (SSSR count). The van der Waals surface area contributed by atoms with Gasteiger partial charge in [0.05, 0.1) is 26.4 Å². The van der Waals surface area contributed by atoms with Crippen LogP contribution >= 0.6 is 34.8 Å². The highest BCUT2D eigenvalue weighted by Crippen LogP contribution is 2.37. The second kappa shape index (κ2) is 7.61. The minimum atomic E-state index is -1.40. The number of nitrogens with two attached hydrogens (primary N) is 1. The maximum Gasteiger partial charge on any atom is 0.347 e. The van der Waals surface area contributed by atoms with Crippen molar-refractivity contribution < 1.29 is 19.4 Å². The van der Waals surface area contributed by atoms with E-state index in [1.165, 1.54) is 43.0 Å². The summed E-state index contributed by atoms with van der Waals surface area (Å²) in [6, 6.07) is 8.29. The van der Waals surface area contributed by atoms with Crippen LogP contribution in [0.5, 0.6) is 5.75 Å². The van der Waals surface area contributed by atoms with Crippen LogP contribution < -0.4 is 15.4 Å². The number of hydrogen-bond donors (Lipinski definition) is 2. The van der Waals surface area contributed by atoms with Crippen LogP contribution in [0.25, 0.3) is 0 Å². The molecule has 138 valence electrons. The average molecular weight is 418 g/mol. The van der Waals surface area contributed by atoms with Gasteiger partial charge in [-0.3, -0.25) is 4.90 Å². The molecule has 0 aliphatic rings. The number of benzene rings is 2. The predicted molar refractivity (Wildman–Crippen MR) is 102 cm³/mol. The Balaban J connectivity index is 2.38. The number of anilines is 2. The average Bonchev–Trinajstić information content (AvgIpc) is 2.53. The summed E-state index contributed by atoms with van der Waals surface area (Å²) in [4.78, 5) is 24.2. The molecule has 26 heavy (non-hydrogen) atoms. The number of amides is 2. The number of carboxylic acid groups (broad SMARTS) is 1. The third-order valence-corrected chi connectivity index (χ3v) is 4.63. The number of carbonyl (C=O) groups excluding carboxylic acids is 1. The van der Waals surface area contributed by atoms with Gasteiger partial charge in [-0.2, -0.15) is 0 Å². The van der Waals surface area contributed by atoms with E-state index in [4.69, 9.17) is 50.4 Å². The van der Waals surface area contributed by atoms with Gasteiger partial charge < -0.3 is 15.6 Å². The molecule has 0 aliphatic carbocycles. The molecule has 0 aromatic heterocycles. The summed E-state index contributed by atoms with van der Waals surface area (Å²) < 4.78 is 5.42. The van der Waals surface area contributed by atoms with E-state index in [-0.39, 0.29) is 15.1 Å². The Hall–Kier alpha value is -2.15. The van der Waals surface area contributed by atoms with E-state index >= 15 is 0 Å². The van der Waals surface area contributed by atoms with Crippen molar-refractivity contribution in [2.75, 3.05) is 4.90 Å². The zero-order valence-corrected chi connectivity index (χ0v) is 16.1. The second-order valence-electron chi connectivity index (χ2n) is 5.81. The van der Waals surface area contributed by atoms with Crippen LogP contribution in [-0.2, 0) is 4.79 Å². The van der Waals surface area contributed by atoms with Crippen molar-refractivity contribution in [3.05, 3.63) is 51.5 Å². The number of hydrogen-bond acceptors (Lipinski definition) is 3. The molecule has 2 amide bonds. The van der Waals surface area contributed by atoms with Gasteiger partial charge in [0.1, 0.15) is 5.75 Å². The molecule has 0 saturated carbocycles. The van der Waals surface area contributed by atoms with Crippen LogP contribution in [0.2, 0.25) is 15.1 Å². The van der Waals surface area contributed by atoms with Crippen molar-refractivity contribution in [1.29, 1.82) is 0 Å². The molecule has 0 radical (unpaired) electrons. The lowest BCUT2D eigenvalue weighted by atomic mass is 10.1. The number of carboxylic acids is 1. The van der Waals surface area contributed by atoms with Crippen molar-refractivity contribution in [3.63, 3.8) is 0 Å². The smallest absolute Gasteiger partial charge is 0.347 e. The fourth-order valence-corrected chi connectivity index (χ4v) is 2.66. The zero-order chi connectivity index (χ0) is 19.6. The molecule has 2 aromatic rings. The van der Waals surface area contributed by atoms with E-state index in [1.807, 2.05) is 0 Å². The van der Waals surface area contributed by atoms with Crippen LogP contribution in [-0.4, -0.2) is 22.7 Å². The number of primary amides is 1. The van der Waals surface area contributed by atoms with Crippen molar-refractivity contribution in [1.82, 2.24) is 0 Å². The molecular weight excluding hydrogens is 403 g/mol.